The Hall–Kier alpha value is -4.00. The molecule has 0 aromatic carbocycles. The number of amides is 2. The molecule has 1 aliphatic rings. The van der Waals surface area contributed by atoms with Crippen molar-refractivity contribution >= 4 is 69.1 Å². The third kappa shape index (κ3) is 24.9. The summed E-state index contributed by atoms with van der Waals surface area (Å²) in [5.74, 6) is -1.08. The van der Waals surface area contributed by atoms with Crippen LogP contribution in [0.1, 0.15) is 97.6 Å². The van der Waals surface area contributed by atoms with Crippen molar-refractivity contribution in [2.45, 2.75) is 122 Å². The number of ether oxygens (including phenoxy) is 1. The fourth-order valence-corrected chi connectivity index (χ4v) is 10.1. The Balaban J connectivity index is 1.27. The van der Waals surface area contributed by atoms with E-state index in [9.17, 15) is 57.9 Å². The van der Waals surface area contributed by atoms with E-state index in [1.807, 2.05) is 0 Å². The smallest absolute Gasteiger partial charge is 0.386 e. The Morgan fingerprint density at radius 3 is 2.03 bits per heavy atom. The molecule has 2 amide bonds. The minimum Gasteiger partial charge on any atom is -0.386 e. The van der Waals surface area contributed by atoms with Gasteiger partial charge >= 0.3 is 23.5 Å². The van der Waals surface area contributed by atoms with Crippen molar-refractivity contribution in [3.05, 3.63) is 85.6 Å². The van der Waals surface area contributed by atoms with Crippen LogP contribution in [0.5, 0.6) is 0 Å². The Morgan fingerprint density at radius 1 is 0.836 bits per heavy atom. The molecule has 2 aromatic rings. The van der Waals surface area contributed by atoms with Crippen LogP contribution in [0.4, 0.5) is 5.82 Å². The number of hydrogen-bond acceptors (Lipinski definition) is 18. The normalized spacial score (nSPS) is 20.1. The van der Waals surface area contributed by atoms with Gasteiger partial charge in [-0.05, 0) is 57.8 Å². The number of aliphatic hydroxyl groups excluding tert-OH is 2. The average Bonchev–Trinajstić information content (AvgIpc) is 3.88. The van der Waals surface area contributed by atoms with Gasteiger partial charge in [0, 0.05) is 37.1 Å². The monoisotopic (exact) mass is 1110 g/mol. The number of phosphoric ester groups is 3. The standard InChI is InChI=1S/C45H70N7O17P3S/c1-4-5-6-7-8-9-10-11-12-13-14-15-16-17-18-19-20-21-22-23-24-25-36(54)73-29-28-47-35(53)26-27-48-43(57)40(56)45(2,3)31-66-72(63,64)69-71(61,62)65-30-34-39(68-70(58,59)60)38(55)44(67-34)52-33-51-37-41(46)49-32-50-42(37)52/h5-6,8-9,11-12,14-15,17-18,20-21,32-34,38-40,44,55-56H,4,7,10,13,16,19,22-31H2,1-3H3,(H,47,53)(H,48,57)(H,61,62)(H,63,64)(H2,46,49,50)(H2,58,59,60). The number of aliphatic hydroxyl groups is 2. The van der Waals surface area contributed by atoms with Crippen molar-refractivity contribution in [2.24, 2.45) is 5.41 Å². The highest BCUT2D eigenvalue weighted by molar-refractivity contribution is 8.13. The number of nitrogens with two attached hydrogens (primary N) is 1. The number of rotatable bonds is 35. The van der Waals surface area contributed by atoms with Crippen LogP contribution < -0.4 is 16.4 Å². The van der Waals surface area contributed by atoms with Gasteiger partial charge in [0.2, 0.25) is 11.8 Å². The summed E-state index contributed by atoms with van der Waals surface area (Å²) in [4.78, 5) is 88.5. The van der Waals surface area contributed by atoms with E-state index >= 15 is 0 Å². The van der Waals surface area contributed by atoms with Crippen LogP contribution in [0.2, 0.25) is 0 Å². The number of nitrogens with one attached hydrogen (secondary N) is 2. The number of nitrogens with zero attached hydrogens (tertiary/aromatic N) is 4. The summed E-state index contributed by atoms with van der Waals surface area (Å²) in [6.07, 6.45) is 27.6. The zero-order valence-corrected chi connectivity index (χ0v) is 44.6. The Bertz CT molecular complexity index is 2390. The minimum absolute atomic E-state index is 0.0222. The van der Waals surface area contributed by atoms with Gasteiger partial charge in [-0.15, -0.1) is 0 Å². The number of aromatic nitrogens is 4. The first-order chi connectivity index (χ1) is 34.6. The van der Waals surface area contributed by atoms with Crippen LogP contribution in [0.15, 0.2) is 85.6 Å². The van der Waals surface area contributed by atoms with Gasteiger partial charge in [0.1, 0.15) is 36.3 Å². The highest BCUT2D eigenvalue weighted by Gasteiger charge is 2.50. The Labute approximate surface area is 429 Å². The molecule has 1 saturated heterocycles. The largest absolute Gasteiger partial charge is 0.481 e. The van der Waals surface area contributed by atoms with Crippen LogP contribution in [0.25, 0.3) is 11.2 Å². The molecule has 3 heterocycles. The summed E-state index contributed by atoms with van der Waals surface area (Å²) in [5, 5.41) is 26.6. The molecule has 1 aliphatic heterocycles. The van der Waals surface area contributed by atoms with Crippen LogP contribution in [0.3, 0.4) is 0 Å². The zero-order valence-electron chi connectivity index (χ0n) is 41.1. The molecule has 0 bridgehead atoms. The van der Waals surface area contributed by atoms with Crippen molar-refractivity contribution < 1.29 is 80.5 Å². The summed E-state index contributed by atoms with van der Waals surface area (Å²) in [6.45, 7) is 2.64. The van der Waals surface area contributed by atoms with Gasteiger partial charge in [0.25, 0.3) is 0 Å². The first-order valence-corrected chi connectivity index (χ1v) is 29.0. The number of thioether (sulfide) groups is 1. The number of carbonyl (C=O) groups excluding carboxylic acids is 3. The maximum atomic E-state index is 12.8. The Morgan fingerprint density at radius 2 is 1.42 bits per heavy atom. The maximum absolute atomic E-state index is 12.8. The van der Waals surface area contributed by atoms with E-state index in [0.29, 0.717) is 12.2 Å². The van der Waals surface area contributed by atoms with E-state index in [2.05, 4.69) is 114 Å². The maximum Gasteiger partial charge on any atom is 0.481 e. The highest BCUT2D eigenvalue weighted by atomic mass is 32.2. The number of unbranched alkanes of at least 4 members (excludes halogenated alkanes) is 2. The lowest BCUT2D eigenvalue weighted by molar-refractivity contribution is -0.137. The number of carbonyl (C=O) groups is 3. The SMILES string of the molecule is CCC=CCC=CCC=CCC=CCC=CCC=CCCCCC(=O)SCCNC(=O)CCNC(=O)C(O)C(C)(C)COP(=O)(O)OP(=O)(O)OCC1OC(n2cnc3c(N)ncnc32)C(O)C1OP(=O)(O)O. The number of anilines is 1. The molecule has 7 atom stereocenters. The van der Waals surface area contributed by atoms with Crippen molar-refractivity contribution in [1.29, 1.82) is 0 Å². The van der Waals surface area contributed by atoms with E-state index in [1.54, 1.807) is 0 Å². The predicted octanol–water partition coefficient (Wildman–Crippen LogP) is 5.92. The number of imidazole rings is 1. The van der Waals surface area contributed by atoms with Gasteiger partial charge in [-0.25, -0.2) is 28.6 Å². The second-order valence-electron chi connectivity index (χ2n) is 17.0. The third-order valence-electron chi connectivity index (χ3n) is 10.4. The number of allylic oxidation sites excluding steroid dienone is 12. The lowest BCUT2D eigenvalue weighted by Crippen LogP contribution is -2.46. The molecular formula is C45H70N7O17P3S. The lowest BCUT2D eigenvalue weighted by atomic mass is 9.87. The zero-order chi connectivity index (χ0) is 53.9. The summed E-state index contributed by atoms with van der Waals surface area (Å²) in [6, 6.07) is 0. The lowest BCUT2D eigenvalue weighted by Gasteiger charge is -2.30. The van der Waals surface area contributed by atoms with E-state index in [4.69, 9.17) is 19.5 Å². The van der Waals surface area contributed by atoms with Crippen molar-refractivity contribution in [2.75, 3.05) is 37.8 Å². The van der Waals surface area contributed by atoms with Crippen molar-refractivity contribution in [3.63, 3.8) is 0 Å². The summed E-state index contributed by atoms with van der Waals surface area (Å²) >= 11 is 1.12. The van der Waals surface area contributed by atoms with Gasteiger partial charge in [0.05, 0.1) is 19.5 Å². The van der Waals surface area contributed by atoms with Crippen LogP contribution >= 0.6 is 35.2 Å². The fourth-order valence-electron chi connectivity index (χ4n) is 6.54. The summed E-state index contributed by atoms with van der Waals surface area (Å²) in [7, 11) is -16.4. The number of fused-ring (bicyclic) bond motifs is 1. The van der Waals surface area contributed by atoms with Gasteiger partial charge in [-0.2, -0.15) is 4.31 Å². The van der Waals surface area contributed by atoms with E-state index in [0.717, 1.165) is 86.8 Å². The molecule has 3 rings (SSSR count). The minimum atomic E-state index is -5.58. The van der Waals surface area contributed by atoms with Gasteiger partial charge in [-0.3, -0.25) is 32.5 Å². The molecule has 10 N–H and O–H groups in total. The molecule has 0 aliphatic carbocycles. The number of nitrogen functional groups attached to an aromatic ring is 1. The Kier molecular flexibility index (Phi) is 28.1. The number of hydrogen-bond donors (Lipinski definition) is 9. The molecule has 0 saturated carbocycles. The molecule has 0 spiro atoms. The average molecular weight is 1110 g/mol. The van der Waals surface area contributed by atoms with Gasteiger partial charge < -0.3 is 50.9 Å². The second-order valence-corrected chi connectivity index (χ2v) is 22.3. The first kappa shape index (κ1) is 63.3. The molecular weight excluding hydrogens is 1040 g/mol. The molecule has 73 heavy (non-hydrogen) atoms. The van der Waals surface area contributed by atoms with E-state index in [-0.39, 0.29) is 41.6 Å². The second kappa shape index (κ2) is 32.4. The molecule has 408 valence electrons. The van der Waals surface area contributed by atoms with Crippen LogP contribution in [0, 0.1) is 5.41 Å². The molecule has 28 heteroatoms. The third-order valence-corrected chi connectivity index (χ3v) is 14.4. The number of phosphoric acid groups is 3. The van der Waals surface area contributed by atoms with E-state index < -0.39 is 84.6 Å². The van der Waals surface area contributed by atoms with Crippen LogP contribution in [-0.4, -0.2) is 123 Å². The van der Waals surface area contributed by atoms with Gasteiger partial charge in [-0.1, -0.05) is 105 Å². The van der Waals surface area contributed by atoms with Crippen molar-refractivity contribution in [3.8, 4) is 0 Å². The quantitative estimate of drug-likeness (QED) is 0.0219. The van der Waals surface area contributed by atoms with Crippen molar-refractivity contribution in [1.82, 2.24) is 30.2 Å². The fraction of sp³-hybridized carbons (Fsp3) is 0.556. The van der Waals surface area contributed by atoms with E-state index in [1.165, 1.54) is 13.8 Å². The first-order valence-electron chi connectivity index (χ1n) is 23.5. The molecule has 7 unspecified atom stereocenters. The summed E-state index contributed by atoms with van der Waals surface area (Å²) in [5.41, 5.74) is 4.27. The topological polar surface area (TPSA) is 364 Å². The molecule has 0 radical (unpaired) electrons. The molecule has 1 fully saturated rings. The van der Waals surface area contributed by atoms with Crippen LogP contribution in [-0.2, 0) is 50.7 Å². The predicted molar refractivity (Wildman–Crippen MR) is 274 cm³/mol. The molecule has 24 nitrogen and oxygen atoms in total. The summed E-state index contributed by atoms with van der Waals surface area (Å²) < 4.78 is 62.5. The van der Waals surface area contributed by atoms with Gasteiger partial charge in [0.15, 0.2) is 22.8 Å². The molecule has 2 aromatic heterocycles. The highest BCUT2D eigenvalue weighted by Crippen LogP contribution is 2.61.